The predicted octanol–water partition coefficient (Wildman–Crippen LogP) is 4.46. The zero-order valence-corrected chi connectivity index (χ0v) is 14.8. The molecule has 2 heterocycles. The van der Waals surface area contributed by atoms with Gasteiger partial charge in [-0.05, 0) is 37.3 Å². The number of hydrogen-bond acceptors (Lipinski definition) is 3. The van der Waals surface area contributed by atoms with Gasteiger partial charge in [0.2, 0.25) is 0 Å². The van der Waals surface area contributed by atoms with Crippen LogP contribution in [0, 0.1) is 6.92 Å². The van der Waals surface area contributed by atoms with E-state index in [0.29, 0.717) is 5.39 Å². The van der Waals surface area contributed by atoms with Gasteiger partial charge in [0.05, 0.1) is 10.9 Å². The van der Waals surface area contributed by atoms with E-state index in [9.17, 15) is 4.79 Å². The Kier molecular flexibility index (Phi) is 4.01. The Morgan fingerprint density at radius 3 is 2.27 bits per heavy atom. The summed E-state index contributed by atoms with van der Waals surface area (Å²) in [6.45, 7) is 1.94. The number of fused-ring (bicyclic) bond motifs is 1. The number of aryl methyl sites for hydroxylation is 1. The fraction of sp³-hybridized carbons (Fsp3) is 0.0909. The number of aromatic nitrogens is 2. The minimum absolute atomic E-state index is 0.0301. The maximum Gasteiger partial charge on any atom is 0.193 e. The van der Waals surface area contributed by atoms with Crippen LogP contribution in [0.15, 0.2) is 83.8 Å². The molecule has 4 rings (SSSR count). The summed E-state index contributed by atoms with van der Waals surface area (Å²) in [7, 11) is 1.98. The van der Waals surface area contributed by atoms with Crippen LogP contribution < -0.4 is 10.3 Å². The van der Waals surface area contributed by atoms with Crippen LogP contribution in [0.5, 0.6) is 0 Å². The molecule has 0 aliphatic heterocycles. The first kappa shape index (κ1) is 16.1. The molecule has 2 aromatic carbocycles. The molecule has 0 bridgehead atoms. The Labute approximate surface area is 152 Å². The number of para-hydroxylation sites is 2. The lowest BCUT2D eigenvalue weighted by atomic mass is 10.2. The van der Waals surface area contributed by atoms with Gasteiger partial charge in [-0.2, -0.15) is 0 Å². The quantitative estimate of drug-likeness (QED) is 0.552. The minimum atomic E-state index is -0.0301. The molecular formula is C22H19N3O. The van der Waals surface area contributed by atoms with Crippen LogP contribution in [0.1, 0.15) is 5.69 Å². The molecule has 4 aromatic rings. The molecule has 0 aliphatic rings. The third-order valence-corrected chi connectivity index (χ3v) is 4.52. The molecule has 0 saturated heterocycles. The molecule has 0 fully saturated rings. The van der Waals surface area contributed by atoms with Crippen molar-refractivity contribution in [3.63, 3.8) is 0 Å². The Morgan fingerprint density at radius 2 is 1.58 bits per heavy atom. The summed E-state index contributed by atoms with van der Waals surface area (Å²) in [6, 6.07) is 23.7. The summed E-state index contributed by atoms with van der Waals surface area (Å²) in [5.74, 6) is 0.811. The van der Waals surface area contributed by atoms with Crippen molar-refractivity contribution >= 4 is 22.4 Å². The van der Waals surface area contributed by atoms with Crippen LogP contribution >= 0.6 is 0 Å². The number of pyridine rings is 2. The highest BCUT2D eigenvalue weighted by Gasteiger charge is 2.15. The number of rotatable bonds is 3. The third kappa shape index (κ3) is 2.75. The summed E-state index contributed by atoms with van der Waals surface area (Å²) >= 11 is 0. The molecule has 2 aromatic heterocycles. The van der Waals surface area contributed by atoms with Gasteiger partial charge in [-0.3, -0.25) is 14.3 Å². The Hall–Kier alpha value is -3.40. The van der Waals surface area contributed by atoms with E-state index < -0.39 is 0 Å². The number of hydrogen-bond donors (Lipinski definition) is 0. The van der Waals surface area contributed by atoms with E-state index >= 15 is 0 Å². The fourth-order valence-electron chi connectivity index (χ4n) is 3.18. The highest BCUT2D eigenvalue weighted by atomic mass is 16.1. The number of benzene rings is 2. The van der Waals surface area contributed by atoms with Gasteiger partial charge in [0.1, 0.15) is 5.82 Å². The van der Waals surface area contributed by atoms with Crippen LogP contribution in [0.3, 0.4) is 0 Å². The van der Waals surface area contributed by atoms with E-state index in [4.69, 9.17) is 0 Å². The smallest absolute Gasteiger partial charge is 0.193 e. The van der Waals surface area contributed by atoms with Crippen LogP contribution in [0.25, 0.3) is 16.6 Å². The lowest BCUT2D eigenvalue weighted by Crippen LogP contribution is -2.20. The van der Waals surface area contributed by atoms with Crippen molar-refractivity contribution in [1.82, 2.24) is 9.55 Å². The van der Waals surface area contributed by atoms with Gasteiger partial charge in [-0.1, -0.05) is 36.4 Å². The van der Waals surface area contributed by atoms with E-state index in [0.717, 1.165) is 28.4 Å². The zero-order valence-electron chi connectivity index (χ0n) is 14.8. The van der Waals surface area contributed by atoms with Crippen molar-refractivity contribution in [3.05, 3.63) is 94.9 Å². The van der Waals surface area contributed by atoms with Crippen LogP contribution in [0.4, 0.5) is 11.5 Å². The second kappa shape index (κ2) is 6.48. The average molecular weight is 341 g/mol. The monoisotopic (exact) mass is 341 g/mol. The van der Waals surface area contributed by atoms with E-state index in [-0.39, 0.29) is 5.43 Å². The van der Waals surface area contributed by atoms with E-state index in [1.165, 1.54) is 0 Å². The molecule has 4 nitrogen and oxygen atoms in total. The summed E-state index contributed by atoms with van der Waals surface area (Å²) < 4.78 is 2.11. The van der Waals surface area contributed by atoms with Gasteiger partial charge in [0.15, 0.2) is 5.43 Å². The van der Waals surface area contributed by atoms with Gasteiger partial charge in [0, 0.05) is 36.4 Å². The molecule has 26 heavy (non-hydrogen) atoms. The lowest BCUT2D eigenvalue weighted by molar-refractivity contribution is 1.02. The van der Waals surface area contributed by atoms with Gasteiger partial charge < -0.3 is 4.90 Å². The summed E-state index contributed by atoms with van der Waals surface area (Å²) in [6.07, 6.45) is 1.67. The van der Waals surface area contributed by atoms with E-state index in [2.05, 4.69) is 9.55 Å². The molecule has 0 saturated carbocycles. The van der Waals surface area contributed by atoms with Crippen LogP contribution in [-0.2, 0) is 0 Å². The third-order valence-electron chi connectivity index (χ3n) is 4.52. The first-order valence-electron chi connectivity index (χ1n) is 8.52. The maximum atomic E-state index is 12.8. The molecule has 0 amide bonds. The van der Waals surface area contributed by atoms with Gasteiger partial charge in [0.25, 0.3) is 0 Å². The molecular weight excluding hydrogens is 322 g/mol. The van der Waals surface area contributed by atoms with Gasteiger partial charge in [-0.15, -0.1) is 0 Å². The highest BCUT2D eigenvalue weighted by molar-refractivity contribution is 5.84. The molecule has 128 valence electrons. The van der Waals surface area contributed by atoms with Crippen molar-refractivity contribution in [2.24, 2.45) is 0 Å². The maximum absolute atomic E-state index is 12.8. The average Bonchev–Trinajstić information content (AvgIpc) is 2.68. The molecule has 0 unspecified atom stereocenters. The number of anilines is 2. The fourth-order valence-corrected chi connectivity index (χ4v) is 3.18. The molecule has 0 spiro atoms. The van der Waals surface area contributed by atoms with Crippen molar-refractivity contribution in [3.8, 4) is 5.69 Å². The van der Waals surface area contributed by atoms with E-state index in [1.807, 2.05) is 85.6 Å². The minimum Gasteiger partial charge on any atom is -0.330 e. The number of nitrogens with zero attached hydrogens (tertiary/aromatic N) is 3. The summed E-state index contributed by atoms with van der Waals surface area (Å²) in [4.78, 5) is 19.1. The molecule has 0 N–H and O–H groups in total. The van der Waals surface area contributed by atoms with Crippen molar-refractivity contribution in [1.29, 1.82) is 0 Å². The van der Waals surface area contributed by atoms with Gasteiger partial charge in [-0.25, -0.2) is 0 Å². The Bertz CT molecular complexity index is 1120. The standard InChI is InChI=1S/C22H19N3O/c1-16-13-20-19(15-23-16)21(26)14-22(24(2)17-9-5-3-6-10-17)25(20)18-11-7-4-8-12-18/h3-15H,1-2H3. The normalized spacial score (nSPS) is 10.8. The largest absolute Gasteiger partial charge is 0.330 e. The van der Waals surface area contributed by atoms with Crippen molar-refractivity contribution in [2.45, 2.75) is 6.92 Å². The second-order valence-electron chi connectivity index (χ2n) is 6.28. The molecule has 0 radical (unpaired) electrons. The topological polar surface area (TPSA) is 38.1 Å². The molecule has 0 aliphatic carbocycles. The molecule has 0 atom stereocenters. The zero-order chi connectivity index (χ0) is 18.1. The van der Waals surface area contributed by atoms with Crippen molar-refractivity contribution in [2.75, 3.05) is 11.9 Å². The first-order chi connectivity index (χ1) is 12.6. The van der Waals surface area contributed by atoms with E-state index in [1.54, 1.807) is 12.3 Å². The van der Waals surface area contributed by atoms with Crippen LogP contribution in [-0.4, -0.2) is 16.6 Å². The van der Waals surface area contributed by atoms with Gasteiger partial charge >= 0.3 is 0 Å². The predicted molar refractivity (Wildman–Crippen MR) is 107 cm³/mol. The summed E-state index contributed by atoms with van der Waals surface area (Å²) in [5, 5.41) is 0.615. The second-order valence-corrected chi connectivity index (χ2v) is 6.28. The molecule has 4 heteroatoms. The SMILES string of the molecule is Cc1cc2c(cn1)c(=O)cc(N(C)c1ccccc1)n2-c1ccccc1. The highest BCUT2D eigenvalue weighted by Crippen LogP contribution is 2.28. The van der Waals surface area contributed by atoms with Crippen LogP contribution in [0.2, 0.25) is 0 Å². The first-order valence-corrected chi connectivity index (χ1v) is 8.52. The van der Waals surface area contributed by atoms with Crippen molar-refractivity contribution < 1.29 is 0 Å². The lowest BCUT2D eigenvalue weighted by Gasteiger charge is -2.25. The Balaban J connectivity index is 2.08. The Morgan fingerprint density at radius 1 is 0.923 bits per heavy atom. The summed E-state index contributed by atoms with van der Waals surface area (Å²) in [5.41, 5.74) is 3.72.